The summed E-state index contributed by atoms with van der Waals surface area (Å²) in [6.07, 6.45) is 23.6. The minimum atomic E-state index is -0.927. The molecule has 135 heavy (non-hydrogen) atoms. The number of hydrogen-bond acceptors (Lipinski definition) is 35. The van der Waals surface area contributed by atoms with Crippen molar-refractivity contribution >= 4 is 70.8 Å². The number of carbonyl (C=O) groups is 12. The Morgan fingerprint density at radius 1 is 0.415 bits per heavy atom. The Bertz CT molecular complexity index is 3840. The van der Waals surface area contributed by atoms with Crippen LogP contribution >= 0.6 is 0 Å². The number of hydroxylamine groups is 4. The SMILES string of the molecule is CC(=O)C1CCC2(CC1)OCCO2.CCC.CCOC.CCOC(=O)/C(O)=C/C(=O)C1CCC2(CC1)OCCO2.CCOC(=O)C(=O)OCC.CCOC(=O)c1cc(C2CCC3(CC2)OCCO3)n(C)n1.CCOC(=O)c1cc(C2CCC3(CC2)OCCO3)nn1C.CON(C)C(=O)C1CCC(=O)CC1.CON(C)C(=O)C1CCC2(CC1)OCCO2.O=C1CCC(C(=O)O)CC1.OCCO. The monoisotopic (exact) mass is 1930 g/mol. The van der Waals surface area contributed by atoms with E-state index < -0.39 is 35.4 Å². The summed E-state index contributed by atoms with van der Waals surface area (Å²) in [6.45, 7) is 25.0. The lowest BCUT2D eigenvalue weighted by molar-refractivity contribution is -0.195. The summed E-state index contributed by atoms with van der Waals surface area (Å²) < 4.78 is 87.9. The number of nitrogens with zero attached hydrogens (tertiary/aromatic N) is 6. The van der Waals surface area contributed by atoms with Gasteiger partial charge in [-0.1, -0.05) is 20.3 Å². The molecule has 5 spiro atoms. The van der Waals surface area contributed by atoms with Crippen molar-refractivity contribution in [3.8, 4) is 0 Å². The number of methoxy groups -OCH3 is 1. The summed E-state index contributed by atoms with van der Waals surface area (Å²) in [4.78, 5) is 144. The number of aliphatic hydroxyl groups excluding tert-OH is 3. The highest BCUT2D eigenvalue weighted by atomic mass is 16.8. The molecule has 7 aliphatic carbocycles. The topological polar surface area (TPSA) is 494 Å². The Hall–Kier alpha value is -8.20. The van der Waals surface area contributed by atoms with Gasteiger partial charge in [-0.3, -0.25) is 52.6 Å². The number of ketones is 4. The highest BCUT2D eigenvalue weighted by Crippen LogP contribution is 2.46. The van der Waals surface area contributed by atoms with E-state index in [4.69, 9.17) is 81.8 Å². The predicted octanol–water partition coefficient (Wildman–Crippen LogP) is 10.7. The van der Waals surface area contributed by atoms with Crippen LogP contribution in [0.25, 0.3) is 0 Å². The number of hydrogen-bond donors (Lipinski definition) is 4. The molecular formula is C95H156N6O34. The first-order chi connectivity index (χ1) is 64.5. The molecule has 12 fully saturated rings. The van der Waals surface area contributed by atoms with E-state index in [0.29, 0.717) is 185 Å². The first-order valence-corrected chi connectivity index (χ1v) is 47.9. The second kappa shape index (κ2) is 63.4. The van der Waals surface area contributed by atoms with Crippen LogP contribution in [0.4, 0.5) is 0 Å². The molecule has 7 saturated carbocycles. The summed E-state index contributed by atoms with van der Waals surface area (Å²) in [5.74, 6) is -5.56. The van der Waals surface area contributed by atoms with E-state index in [9.17, 15) is 62.6 Å². The van der Waals surface area contributed by atoms with Crippen LogP contribution < -0.4 is 0 Å². The fourth-order valence-corrected chi connectivity index (χ4v) is 17.0. The minimum absolute atomic E-state index is 0.0185. The smallest absolute Gasteiger partial charge is 0.417 e. The molecule has 0 atom stereocenters. The number of aliphatic carboxylic acids is 1. The van der Waals surface area contributed by atoms with Crippen molar-refractivity contribution in [2.75, 3.05) is 154 Å². The number of carbonyl (C=O) groups excluding carboxylic acids is 11. The van der Waals surface area contributed by atoms with E-state index in [1.165, 1.54) is 30.8 Å². The van der Waals surface area contributed by atoms with Crippen molar-refractivity contribution in [2.24, 2.45) is 43.7 Å². The first kappa shape index (κ1) is 119. The van der Waals surface area contributed by atoms with Crippen molar-refractivity contribution in [2.45, 2.75) is 289 Å². The van der Waals surface area contributed by atoms with Crippen molar-refractivity contribution < 1.29 is 163 Å². The average molecular weight is 1930 g/mol. The maximum atomic E-state index is 12.0. The molecule has 7 heterocycles. The van der Waals surface area contributed by atoms with Crippen molar-refractivity contribution in [3.05, 3.63) is 46.7 Å². The molecule has 5 saturated heterocycles. The number of carboxylic acids is 1. The lowest BCUT2D eigenvalue weighted by Crippen LogP contribution is -2.40. The van der Waals surface area contributed by atoms with Crippen LogP contribution in [-0.2, 0) is 148 Å². The Balaban J connectivity index is 0.000000321. The molecular weight excluding hydrogens is 1770 g/mol. The molecule has 770 valence electrons. The number of rotatable bonds is 20. The minimum Gasteiger partial charge on any atom is -0.502 e. The van der Waals surface area contributed by atoms with Crippen molar-refractivity contribution in [1.29, 1.82) is 0 Å². The molecule has 40 nitrogen and oxygen atoms in total. The van der Waals surface area contributed by atoms with E-state index in [2.05, 4.69) is 43.0 Å². The molecule has 2 aromatic heterocycles. The van der Waals surface area contributed by atoms with E-state index in [0.717, 1.165) is 127 Å². The van der Waals surface area contributed by atoms with E-state index in [-0.39, 0.29) is 127 Å². The van der Waals surface area contributed by atoms with Crippen LogP contribution in [0.3, 0.4) is 0 Å². The van der Waals surface area contributed by atoms with Gasteiger partial charge in [0.2, 0.25) is 17.6 Å². The number of allylic oxidation sites excluding steroid dienone is 1. The number of amides is 2. The standard InChI is InChI=1S/2C15H22N2O4.C14H20O6.C11H19NO4.C10H16O3.C9H15NO3.C7H10O3.C6H10O4.C3H8O.C3H8.C2H6O2/c1-3-19-14(18)12-10-13(17(2)16-12)11-4-6-15(7-5-11)20-8-9-21-15;1-3-19-14(18)13-10-12(16-17(13)2)11-4-6-15(7-5-11)20-8-9-21-15;1-2-18-13(17)12(16)9-11(15)10-3-5-14(6-4-10)19-7-8-20-14;1-12(14-2)10(13)9-3-5-11(6-4-9)15-7-8-16-11;1-8(11)9-2-4-10(5-3-9)12-6-7-13-10;1-10(13-2)9(12)7-3-5-8(11)6-4-7;8-6-3-1-5(2-4-6)7(9)10;1-3-9-5(7)6(8)10-4-2;1-3-4-2;1-3-2;3-1-2-4/h2*10-11H,3-9H2,1-2H3;9-10,16H,2-8H2,1H3;9H,3-8H2,1-2H3;9H,2-7H2,1H3;7H,3-6H2,1-2H3;5H,1-4H2,(H,9,10);3-4H2,1-2H3;3H2,1-2H3;3H2,1-2H3;3-4H,1-2H2/b;;12-9-;;;;;;;;. The second-order valence-electron chi connectivity index (χ2n) is 33.9. The maximum Gasteiger partial charge on any atom is 0.417 e. The average Bonchev–Trinajstić information content (AvgIpc) is 1.67. The molecule has 0 aromatic carbocycles. The van der Waals surface area contributed by atoms with Gasteiger partial charge < -0.3 is 96.2 Å². The maximum absolute atomic E-state index is 12.0. The largest absolute Gasteiger partial charge is 0.502 e. The fourth-order valence-electron chi connectivity index (χ4n) is 17.0. The van der Waals surface area contributed by atoms with Crippen LogP contribution in [0.5, 0.6) is 0 Å². The number of aryl methyl sites for hydroxylation is 2. The van der Waals surface area contributed by atoms with Gasteiger partial charge in [0.15, 0.2) is 40.4 Å². The Morgan fingerprint density at radius 3 is 1.05 bits per heavy atom. The molecule has 14 rings (SSSR count). The molecule has 0 radical (unpaired) electrons. The van der Waals surface area contributed by atoms with E-state index in [1.54, 1.807) is 79.2 Å². The highest BCUT2D eigenvalue weighted by molar-refractivity contribution is 6.29. The first-order valence-electron chi connectivity index (χ1n) is 47.9. The zero-order chi connectivity index (χ0) is 100. The van der Waals surface area contributed by atoms with Gasteiger partial charge in [-0.2, -0.15) is 10.2 Å². The number of aromatic nitrogens is 4. The quantitative estimate of drug-likeness (QED) is 0.0239. The summed E-state index contributed by atoms with van der Waals surface area (Å²) in [5, 5.41) is 44.5. The molecule has 2 aromatic rings. The van der Waals surface area contributed by atoms with Crippen LogP contribution in [0.15, 0.2) is 24.0 Å². The molecule has 0 unspecified atom stereocenters. The molecule has 12 aliphatic rings. The number of carboxylic acid groups (broad SMARTS) is 1. The number of esters is 5. The summed E-state index contributed by atoms with van der Waals surface area (Å²) in [5.41, 5.74) is 2.96. The van der Waals surface area contributed by atoms with E-state index >= 15 is 0 Å². The van der Waals surface area contributed by atoms with Gasteiger partial charge in [-0.25, -0.2) is 34.1 Å². The predicted molar refractivity (Wildman–Crippen MR) is 485 cm³/mol. The molecule has 4 N–H and O–H groups in total. The third-order valence-corrected chi connectivity index (χ3v) is 24.6. The van der Waals surface area contributed by atoms with Crippen LogP contribution in [0.2, 0.25) is 0 Å². The van der Waals surface area contributed by atoms with Gasteiger partial charge in [-0.15, -0.1) is 0 Å². The van der Waals surface area contributed by atoms with Gasteiger partial charge in [-0.05, 0) is 150 Å². The summed E-state index contributed by atoms with van der Waals surface area (Å²) in [7, 11) is 11.6. The lowest BCUT2D eigenvalue weighted by Gasteiger charge is -2.35. The third kappa shape index (κ3) is 40.6. The second-order valence-corrected chi connectivity index (χ2v) is 33.9. The number of aliphatic hydroxyl groups is 3. The Morgan fingerprint density at radius 2 is 0.726 bits per heavy atom. The van der Waals surface area contributed by atoms with Crippen LogP contribution in [0, 0.1) is 29.6 Å². The Kier molecular flexibility index (Phi) is 55.9. The van der Waals surface area contributed by atoms with Gasteiger partial charge in [0.1, 0.15) is 23.0 Å². The Labute approximate surface area is 794 Å². The van der Waals surface area contributed by atoms with Gasteiger partial charge in [0, 0.05) is 179 Å². The van der Waals surface area contributed by atoms with Gasteiger partial charge >= 0.3 is 35.8 Å². The molecule has 5 aliphatic heterocycles. The zero-order valence-corrected chi connectivity index (χ0v) is 82.7. The molecule has 2 amide bonds. The highest BCUT2D eigenvalue weighted by Gasteiger charge is 2.47. The van der Waals surface area contributed by atoms with Gasteiger partial charge in [0.05, 0.1) is 138 Å². The zero-order valence-electron chi connectivity index (χ0n) is 82.7. The molecule has 0 bridgehead atoms. The van der Waals surface area contributed by atoms with Crippen LogP contribution in [-0.4, -0.2) is 304 Å². The fraction of sp³-hybridized carbons (Fsp3) is 0.789. The molecule has 40 heteroatoms. The van der Waals surface area contributed by atoms with Crippen molar-refractivity contribution in [1.82, 2.24) is 29.7 Å². The lowest BCUT2D eigenvalue weighted by atomic mass is 9.82. The summed E-state index contributed by atoms with van der Waals surface area (Å²) in [6, 6.07) is 3.72. The van der Waals surface area contributed by atoms with Crippen LogP contribution in [0.1, 0.15) is 293 Å². The normalized spacial score (nSPS) is 22.0. The number of Topliss-reactive ketones (excluding diaryl/α,β-unsaturated/α-hetero) is 3. The van der Waals surface area contributed by atoms with Crippen molar-refractivity contribution in [3.63, 3.8) is 0 Å². The third-order valence-electron chi connectivity index (χ3n) is 24.6. The van der Waals surface area contributed by atoms with E-state index in [1.807, 2.05) is 26.1 Å². The summed E-state index contributed by atoms with van der Waals surface area (Å²) >= 11 is 0. The van der Waals surface area contributed by atoms with Gasteiger partial charge in [0.25, 0.3) is 0 Å². The number of ether oxygens (including phenoxy) is 16.